The summed E-state index contributed by atoms with van der Waals surface area (Å²) >= 11 is 0. The number of aryl methyl sites for hydroxylation is 1. The molecule has 0 bridgehead atoms. The van der Waals surface area contributed by atoms with Crippen molar-refractivity contribution in [3.8, 4) is 0 Å². The molecular formula is C16H14O2. The maximum absolute atomic E-state index is 10.4. The Morgan fingerprint density at radius 1 is 0.944 bits per heavy atom. The lowest BCUT2D eigenvalue weighted by Crippen LogP contribution is -1.98. The van der Waals surface area contributed by atoms with Crippen LogP contribution in [0.1, 0.15) is 23.2 Å². The molecule has 0 unspecified atom stereocenters. The first-order valence-electron chi connectivity index (χ1n) is 5.98. The van der Waals surface area contributed by atoms with Gasteiger partial charge in [-0.05, 0) is 35.4 Å². The van der Waals surface area contributed by atoms with Crippen LogP contribution in [-0.4, -0.2) is 5.11 Å². The van der Waals surface area contributed by atoms with Gasteiger partial charge in [-0.15, -0.1) is 0 Å². The highest BCUT2D eigenvalue weighted by Gasteiger charge is 2.16. The van der Waals surface area contributed by atoms with Crippen LogP contribution in [0.4, 0.5) is 0 Å². The number of benzene rings is 2. The lowest BCUT2D eigenvalue weighted by atomic mass is 9.99. The van der Waals surface area contributed by atoms with E-state index in [0.29, 0.717) is 5.76 Å². The molecule has 3 rings (SSSR count). The smallest absolute Gasteiger partial charge is 0.137 e. The Bertz CT molecular complexity index is 677. The van der Waals surface area contributed by atoms with Gasteiger partial charge < -0.3 is 9.52 Å². The molecule has 1 aromatic heterocycles. The number of aliphatic hydroxyl groups excluding tert-OH is 1. The Morgan fingerprint density at radius 2 is 1.72 bits per heavy atom. The summed E-state index contributed by atoms with van der Waals surface area (Å²) in [5.41, 5.74) is 0.877. The zero-order chi connectivity index (χ0) is 12.5. The summed E-state index contributed by atoms with van der Waals surface area (Å²) in [4.78, 5) is 0. The van der Waals surface area contributed by atoms with Crippen molar-refractivity contribution in [1.29, 1.82) is 0 Å². The van der Waals surface area contributed by atoms with Gasteiger partial charge in [0.2, 0.25) is 0 Å². The molecule has 0 aliphatic carbocycles. The quantitative estimate of drug-likeness (QED) is 0.736. The number of hydrogen-bond donors (Lipinski definition) is 1. The molecule has 0 saturated heterocycles. The van der Waals surface area contributed by atoms with Gasteiger partial charge in [-0.25, -0.2) is 0 Å². The molecule has 1 heterocycles. The Balaban J connectivity index is 2.14. The molecule has 2 aromatic carbocycles. The number of aliphatic hydroxyl groups is 1. The van der Waals surface area contributed by atoms with Gasteiger partial charge in [0.1, 0.15) is 17.6 Å². The van der Waals surface area contributed by atoms with E-state index in [1.165, 1.54) is 0 Å². The summed E-state index contributed by atoms with van der Waals surface area (Å²) < 4.78 is 5.50. The fourth-order valence-electron chi connectivity index (χ4n) is 2.24. The highest BCUT2D eigenvalue weighted by molar-refractivity contribution is 5.86. The molecule has 3 aromatic rings. The van der Waals surface area contributed by atoms with E-state index >= 15 is 0 Å². The first-order chi connectivity index (χ1) is 8.75. The summed E-state index contributed by atoms with van der Waals surface area (Å²) in [5.74, 6) is 1.40. The first kappa shape index (κ1) is 11.1. The van der Waals surface area contributed by atoms with Gasteiger partial charge in [-0.2, -0.15) is 0 Å². The standard InChI is InChI=1S/C16H14O2/c1-11-9-10-15(18-11)16(17)14-8-4-6-12-5-2-3-7-13(12)14/h2-10,16-17H,1H3/t16-/m0/s1. The minimum atomic E-state index is -0.718. The Morgan fingerprint density at radius 3 is 2.50 bits per heavy atom. The van der Waals surface area contributed by atoms with Crippen molar-refractivity contribution >= 4 is 10.8 Å². The van der Waals surface area contributed by atoms with Crippen molar-refractivity contribution in [3.63, 3.8) is 0 Å². The van der Waals surface area contributed by atoms with Crippen LogP contribution in [0.3, 0.4) is 0 Å². The van der Waals surface area contributed by atoms with Gasteiger partial charge in [0.05, 0.1) is 0 Å². The van der Waals surface area contributed by atoms with Crippen LogP contribution in [0.15, 0.2) is 59.0 Å². The number of rotatable bonds is 2. The van der Waals surface area contributed by atoms with Gasteiger partial charge in [-0.1, -0.05) is 42.5 Å². The van der Waals surface area contributed by atoms with Crippen molar-refractivity contribution in [2.75, 3.05) is 0 Å². The van der Waals surface area contributed by atoms with Crippen molar-refractivity contribution in [3.05, 3.63) is 71.7 Å². The van der Waals surface area contributed by atoms with Crippen molar-refractivity contribution in [1.82, 2.24) is 0 Å². The lowest BCUT2D eigenvalue weighted by molar-refractivity contribution is 0.189. The molecule has 0 aliphatic heterocycles. The summed E-state index contributed by atoms with van der Waals surface area (Å²) in [6.07, 6.45) is -0.718. The second kappa shape index (κ2) is 4.31. The normalized spacial score (nSPS) is 12.8. The van der Waals surface area contributed by atoms with E-state index in [2.05, 4.69) is 0 Å². The second-order valence-electron chi connectivity index (χ2n) is 4.42. The maximum atomic E-state index is 10.4. The third-order valence-electron chi connectivity index (χ3n) is 3.15. The van der Waals surface area contributed by atoms with Crippen LogP contribution in [0.2, 0.25) is 0 Å². The average molecular weight is 238 g/mol. The van der Waals surface area contributed by atoms with Gasteiger partial charge in [-0.3, -0.25) is 0 Å². The molecule has 0 aliphatic rings. The monoisotopic (exact) mass is 238 g/mol. The van der Waals surface area contributed by atoms with E-state index in [9.17, 15) is 5.11 Å². The highest BCUT2D eigenvalue weighted by atomic mass is 16.4. The van der Waals surface area contributed by atoms with Gasteiger partial charge in [0.25, 0.3) is 0 Å². The minimum absolute atomic E-state index is 0.587. The third-order valence-corrected chi connectivity index (χ3v) is 3.15. The Labute approximate surface area is 105 Å². The summed E-state index contributed by atoms with van der Waals surface area (Å²) in [6.45, 7) is 1.87. The molecule has 1 atom stereocenters. The van der Waals surface area contributed by atoms with E-state index in [4.69, 9.17) is 4.42 Å². The van der Waals surface area contributed by atoms with E-state index in [1.54, 1.807) is 0 Å². The fourth-order valence-corrected chi connectivity index (χ4v) is 2.24. The van der Waals surface area contributed by atoms with Gasteiger partial charge in [0.15, 0.2) is 0 Å². The van der Waals surface area contributed by atoms with Crippen molar-refractivity contribution in [2.45, 2.75) is 13.0 Å². The molecule has 2 heteroatoms. The Hall–Kier alpha value is -2.06. The SMILES string of the molecule is Cc1ccc([C@@H](O)c2cccc3ccccc23)o1. The van der Waals surface area contributed by atoms with Crippen molar-refractivity contribution in [2.24, 2.45) is 0 Å². The average Bonchev–Trinajstić information content (AvgIpc) is 2.84. The van der Waals surface area contributed by atoms with E-state index in [-0.39, 0.29) is 0 Å². The van der Waals surface area contributed by atoms with E-state index in [1.807, 2.05) is 61.5 Å². The molecule has 18 heavy (non-hydrogen) atoms. The largest absolute Gasteiger partial charge is 0.463 e. The molecule has 0 radical (unpaired) electrons. The van der Waals surface area contributed by atoms with Crippen LogP contribution >= 0.6 is 0 Å². The molecule has 0 spiro atoms. The first-order valence-corrected chi connectivity index (χ1v) is 5.98. The second-order valence-corrected chi connectivity index (χ2v) is 4.42. The molecule has 0 fully saturated rings. The summed E-state index contributed by atoms with van der Waals surface area (Å²) in [6, 6.07) is 17.6. The molecule has 0 saturated carbocycles. The molecule has 1 N–H and O–H groups in total. The van der Waals surface area contributed by atoms with Crippen LogP contribution in [0.25, 0.3) is 10.8 Å². The molecule has 2 nitrogen and oxygen atoms in total. The maximum Gasteiger partial charge on any atom is 0.137 e. The third kappa shape index (κ3) is 1.81. The topological polar surface area (TPSA) is 33.4 Å². The van der Waals surface area contributed by atoms with Crippen LogP contribution in [0, 0.1) is 6.92 Å². The predicted octanol–water partition coefficient (Wildman–Crippen LogP) is 3.82. The number of fused-ring (bicyclic) bond motifs is 1. The van der Waals surface area contributed by atoms with Gasteiger partial charge >= 0.3 is 0 Å². The fraction of sp³-hybridized carbons (Fsp3) is 0.125. The minimum Gasteiger partial charge on any atom is -0.463 e. The zero-order valence-corrected chi connectivity index (χ0v) is 10.1. The zero-order valence-electron chi connectivity index (χ0n) is 10.1. The van der Waals surface area contributed by atoms with Crippen molar-refractivity contribution < 1.29 is 9.52 Å². The molecule has 90 valence electrons. The number of hydrogen-bond acceptors (Lipinski definition) is 2. The molecular weight excluding hydrogens is 224 g/mol. The highest BCUT2D eigenvalue weighted by Crippen LogP contribution is 2.29. The number of furan rings is 1. The molecule has 0 amide bonds. The van der Waals surface area contributed by atoms with E-state index < -0.39 is 6.10 Å². The van der Waals surface area contributed by atoms with Gasteiger partial charge in [0, 0.05) is 0 Å². The summed E-state index contributed by atoms with van der Waals surface area (Å²) in [7, 11) is 0. The van der Waals surface area contributed by atoms with E-state index in [0.717, 1.165) is 22.1 Å². The lowest BCUT2D eigenvalue weighted by Gasteiger charge is -2.11. The van der Waals surface area contributed by atoms with Crippen LogP contribution < -0.4 is 0 Å². The predicted molar refractivity (Wildman–Crippen MR) is 71.5 cm³/mol. The van der Waals surface area contributed by atoms with Crippen LogP contribution in [0.5, 0.6) is 0 Å². The summed E-state index contributed by atoms with van der Waals surface area (Å²) in [5, 5.41) is 12.6. The Kier molecular flexibility index (Phi) is 2.65. The van der Waals surface area contributed by atoms with Crippen LogP contribution in [-0.2, 0) is 0 Å².